The molecule has 0 saturated carbocycles. The van der Waals surface area contributed by atoms with Crippen LogP contribution >= 0.6 is 0 Å². The molecule has 39 heavy (non-hydrogen) atoms. The average Bonchev–Trinajstić information content (AvgIpc) is 3.52. The number of nitrogens with zero attached hydrogens (tertiary/aromatic N) is 6. The summed E-state index contributed by atoms with van der Waals surface area (Å²) < 4.78 is 87.2. The number of hydrogen-bond acceptors (Lipinski definition) is 5. The number of pyridine rings is 1. The Labute approximate surface area is 222 Å². The fraction of sp³-hybridized carbons (Fsp3) is 0.480. The summed E-state index contributed by atoms with van der Waals surface area (Å²) in [7, 11) is -0.0709. The number of fused-ring (bicyclic) bond motifs is 2. The molecule has 8 nitrogen and oxygen atoms in total. The van der Waals surface area contributed by atoms with E-state index in [9.17, 15) is 22.0 Å². The van der Waals surface area contributed by atoms with Crippen LogP contribution in [0.4, 0.5) is 22.0 Å². The van der Waals surface area contributed by atoms with E-state index in [2.05, 4.69) is 34.8 Å². The van der Waals surface area contributed by atoms with E-state index in [0.29, 0.717) is 30.6 Å². The zero-order chi connectivity index (χ0) is 28.1. The van der Waals surface area contributed by atoms with Gasteiger partial charge in [0.25, 0.3) is 6.43 Å². The van der Waals surface area contributed by atoms with Crippen LogP contribution in [0.5, 0.6) is 5.88 Å². The molecule has 0 spiro atoms. The van der Waals surface area contributed by atoms with Gasteiger partial charge in [0.2, 0.25) is 5.88 Å². The van der Waals surface area contributed by atoms with Gasteiger partial charge in [0.05, 0.1) is 17.9 Å². The standard InChI is InChI=1S/C25H29F5N6O2Si/c1-34-13-16(21(33-34)25(28,29)30)17-15-7-5-8-31-23(15)35(14-37-11-12-39(2,3)4)20(17)18-19(22(26)27)32-36-9-6-10-38-24(18)36/h5,7-8,13,22H,6,9-12,14H2,1-4H3. The first-order valence-electron chi connectivity index (χ1n) is 12.5. The Hall–Kier alpha value is -3.26. The molecule has 1 aliphatic heterocycles. The second-order valence-electron chi connectivity index (χ2n) is 10.7. The first-order chi connectivity index (χ1) is 18.4. The number of rotatable bonds is 8. The molecule has 0 bridgehead atoms. The van der Waals surface area contributed by atoms with Crippen LogP contribution in [0.25, 0.3) is 33.4 Å². The van der Waals surface area contributed by atoms with Crippen LogP contribution < -0.4 is 4.74 Å². The smallest absolute Gasteiger partial charge is 0.435 e. The van der Waals surface area contributed by atoms with Crippen LogP contribution in [0.2, 0.25) is 25.7 Å². The van der Waals surface area contributed by atoms with Gasteiger partial charge in [-0.15, -0.1) is 0 Å². The lowest BCUT2D eigenvalue weighted by molar-refractivity contribution is -0.140. The Kier molecular flexibility index (Phi) is 7.03. The van der Waals surface area contributed by atoms with E-state index in [1.54, 1.807) is 16.7 Å². The number of alkyl halides is 5. The number of aryl methyl sites for hydroxylation is 2. The van der Waals surface area contributed by atoms with Crippen molar-refractivity contribution in [1.82, 2.24) is 29.1 Å². The molecule has 0 saturated heterocycles. The Balaban J connectivity index is 1.83. The van der Waals surface area contributed by atoms with Crippen molar-refractivity contribution < 1.29 is 31.4 Å². The molecule has 4 aromatic heterocycles. The van der Waals surface area contributed by atoms with Gasteiger partial charge in [-0.25, -0.2) is 18.4 Å². The molecule has 0 amide bonds. The van der Waals surface area contributed by atoms with Crippen LogP contribution in [-0.2, 0) is 31.2 Å². The number of ether oxygens (including phenoxy) is 2. The van der Waals surface area contributed by atoms with E-state index in [-0.39, 0.29) is 41.6 Å². The molecular formula is C25H29F5N6O2Si. The van der Waals surface area contributed by atoms with Crippen LogP contribution in [0.3, 0.4) is 0 Å². The molecule has 0 radical (unpaired) electrons. The molecule has 0 aromatic carbocycles. The summed E-state index contributed by atoms with van der Waals surface area (Å²) in [5.74, 6) is 0.0846. The zero-order valence-electron chi connectivity index (χ0n) is 22.0. The molecular weight excluding hydrogens is 539 g/mol. The minimum absolute atomic E-state index is 0.0662. The van der Waals surface area contributed by atoms with Crippen molar-refractivity contribution in [2.45, 2.75) is 58.0 Å². The number of halogens is 5. The maximum Gasteiger partial charge on any atom is 0.435 e. The fourth-order valence-electron chi connectivity index (χ4n) is 4.77. The summed E-state index contributed by atoms with van der Waals surface area (Å²) in [6, 6.07) is 4.05. The van der Waals surface area contributed by atoms with Crippen LogP contribution in [0.1, 0.15) is 24.2 Å². The highest BCUT2D eigenvalue weighted by Crippen LogP contribution is 2.49. The highest BCUT2D eigenvalue weighted by atomic mass is 28.3. The van der Waals surface area contributed by atoms with Crippen molar-refractivity contribution in [2.24, 2.45) is 7.05 Å². The summed E-state index contributed by atoms with van der Waals surface area (Å²) in [6.45, 7) is 7.49. The normalized spacial score (nSPS) is 14.3. The molecule has 0 fully saturated rings. The van der Waals surface area contributed by atoms with E-state index >= 15 is 0 Å². The summed E-state index contributed by atoms with van der Waals surface area (Å²) in [5.41, 5.74) is -1.58. The van der Waals surface area contributed by atoms with Crippen LogP contribution in [-0.4, -0.2) is 50.4 Å². The van der Waals surface area contributed by atoms with E-state index < -0.39 is 32.1 Å². The van der Waals surface area contributed by atoms with Gasteiger partial charge in [-0.1, -0.05) is 19.6 Å². The van der Waals surface area contributed by atoms with E-state index in [0.717, 1.165) is 10.7 Å². The average molecular weight is 569 g/mol. The maximum atomic E-state index is 14.5. The zero-order valence-corrected chi connectivity index (χ0v) is 23.0. The quantitative estimate of drug-likeness (QED) is 0.141. The predicted octanol–water partition coefficient (Wildman–Crippen LogP) is 6.35. The lowest BCUT2D eigenvalue weighted by Gasteiger charge is -2.19. The lowest BCUT2D eigenvalue weighted by Crippen LogP contribution is -2.22. The van der Waals surface area contributed by atoms with Gasteiger partial charge in [-0.3, -0.25) is 4.68 Å². The molecule has 5 rings (SSSR count). The van der Waals surface area contributed by atoms with Gasteiger partial charge in [0.15, 0.2) is 5.69 Å². The van der Waals surface area contributed by atoms with Crippen molar-refractivity contribution in [1.29, 1.82) is 0 Å². The second-order valence-corrected chi connectivity index (χ2v) is 16.3. The lowest BCUT2D eigenvalue weighted by atomic mass is 9.98. The third-order valence-corrected chi connectivity index (χ3v) is 8.24. The van der Waals surface area contributed by atoms with Gasteiger partial charge < -0.3 is 14.0 Å². The van der Waals surface area contributed by atoms with E-state index in [1.165, 1.54) is 24.1 Å². The molecule has 0 aliphatic carbocycles. The van der Waals surface area contributed by atoms with E-state index in [1.807, 2.05) is 0 Å². The van der Waals surface area contributed by atoms with Gasteiger partial charge in [-0.2, -0.15) is 23.4 Å². The summed E-state index contributed by atoms with van der Waals surface area (Å²) >= 11 is 0. The van der Waals surface area contributed by atoms with Crippen molar-refractivity contribution in [2.75, 3.05) is 13.2 Å². The minimum atomic E-state index is -4.79. The predicted molar refractivity (Wildman–Crippen MR) is 137 cm³/mol. The fourth-order valence-corrected chi connectivity index (χ4v) is 5.53. The monoisotopic (exact) mass is 568 g/mol. The first kappa shape index (κ1) is 27.3. The molecule has 5 heterocycles. The van der Waals surface area contributed by atoms with Gasteiger partial charge in [0.1, 0.15) is 18.1 Å². The highest BCUT2D eigenvalue weighted by Gasteiger charge is 2.41. The van der Waals surface area contributed by atoms with Gasteiger partial charge in [-0.05, 0) is 18.2 Å². The second kappa shape index (κ2) is 10.0. The molecule has 1 aliphatic rings. The molecule has 4 aromatic rings. The summed E-state index contributed by atoms with van der Waals surface area (Å²) in [6.07, 6.45) is -4.49. The van der Waals surface area contributed by atoms with Gasteiger partial charge >= 0.3 is 6.18 Å². The maximum absolute atomic E-state index is 14.5. The highest BCUT2D eigenvalue weighted by molar-refractivity contribution is 6.76. The SMILES string of the molecule is Cn1cc(-c2c(-c3c(C(F)F)nn4c3OCCC4)n(COCC[Si](C)(C)C)c3ncccc23)c(C(F)(F)F)n1. The van der Waals surface area contributed by atoms with Crippen LogP contribution in [0.15, 0.2) is 24.5 Å². The molecule has 0 atom stereocenters. The Bertz CT molecular complexity index is 1500. The number of hydrogen-bond donors (Lipinski definition) is 0. The topological polar surface area (TPSA) is 71.9 Å². The minimum Gasteiger partial charge on any atom is -0.477 e. The Morgan fingerprint density at radius 1 is 1.15 bits per heavy atom. The largest absolute Gasteiger partial charge is 0.477 e. The van der Waals surface area contributed by atoms with Crippen molar-refractivity contribution in [3.63, 3.8) is 0 Å². The molecule has 210 valence electrons. The molecule has 0 unspecified atom stereocenters. The first-order valence-corrected chi connectivity index (χ1v) is 16.3. The molecule has 14 heteroatoms. The Morgan fingerprint density at radius 3 is 2.62 bits per heavy atom. The Morgan fingerprint density at radius 2 is 1.92 bits per heavy atom. The summed E-state index contributed by atoms with van der Waals surface area (Å²) in [4.78, 5) is 4.44. The van der Waals surface area contributed by atoms with Crippen molar-refractivity contribution in [3.05, 3.63) is 35.9 Å². The van der Waals surface area contributed by atoms with Gasteiger partial charge in [0, 0.05) is 63.6 Å². The third-order valence-electron chi connectivity index (χ3n) is 6.53. The van der Waals surface area contributed by atoms with Crippen molar-refractivity contribution >= 4 is 19.1 Å². The van der Waals surface area contributed by atoms with Crippen molar-refractivity contribution in [3.8, 4) is 28.3 Å². The third kappa shape index (κ3) is 5.18. The number of aromatic nitrogens is 6. The molecule has 0 N–H and O–H groups in total. The van der Waals surface area contributed by atoms with Crippen LogP contribution in [0, 0.1) is 0 Å². The van der Waals surface area contributed by atoms with E-state index in [4.69, 9.17) is 9.47 Å². The summed E-state index contributed by atoms with van der Waals surface area (Å²) in [5, 5.41) is 8.13.